The van der Waals surface area contributed by atoms with E-state index in [0.29, 0.717) is 19.3 Å². The molecule has 6 heteroatoms. The van der Waals surface area contributed by atoms with Crippen LogP contribution in [0.15, 0.2) is 134 Å². The molecule has 0 aromatic heterocycles. The van der Waals surface area contributed by atoms with Crippen LogP contribution in [0.1, 0.15) is 207 Å². The van der Waals surface area contributed by atoms with Gasteiger partial charge < -0.3 is 14.2 Å². The van der Waals surface area contributed by atoms with E-state index in [-0.39, 0.29) is 31.6 Å². The standard InChI is InChI=1S/C60H94O6/c1-4-7-10-13-16-18-20-22-24-26-28-29-30-31-33-34-36-38-40-42-44-47-50-53-59(62)65-56-57(55-64-58(61)52-49-46-15-12-9-6-3)66-60(63)54-51-48-45-43-41-39-37-35-32-27-25-23-21-19-17-14-11-8-5-2/h7-8,10-11,16-19,22-25,28-29,31-33,35,39,41,45,48,57H,4-6,9,12-15,20-21,26-27,30,34,36-38,40,42-44,46-47,49-56H2,1-3H3/b10-7-,11-8-,18-16-,19-17-,24-22-,25-23-,29-28-,33-31-,35-32-,41-39-,48-45-. The van der Waals surface area contributed by atoms with Crippen molar-refractivity contribution in [2.24, 2.45) is 0 Å². The second-order valence-electron chi connectivity index (χ2n) is 16.7. The highest BCUT2D eigenvalue weighted by Gasteiger charge is 2.19. The zero-order valence-electron chi connectivity index (χ0n) is 42.1. The molecule has 1 atom stereocenters. The average Bonchev–Trinajstić information content (AvgIpc) is 3.31. The molecule has 0 saturated heterocycles. The lowest BCUT2D eigenvalue weighted by molar-refractivity contribution is -0.166. The number of carbonyl (C=O) groups is 3. The van der Waals surface area contributed by atoms with Crippen molar-refractivity contribution < 1.29 is 28.6 Å². The van der Waals surface area contributed by atoms with Crippen LogP contribution in [-0.4, -0.2) is 37.2 Å². The largest absolute Gasteiger partial charge is 0.462 e. The lowest BCUT2D eigenvalue weighted by atomic mass is 10.1. The van der Waals surface area contributed by atoms with E-state index in [1.54, 1.807) is 0 Å². The first-order chi connectivity index (χ1) is 32.5. The van der Waals surface area contributed by atoms with E-state index >= 15 is 0 Å². The molecule has 0 aliphatic rings. The first kappa shape index (κ1) is 61.5. The van der Waals surface area contributed by atoms with Crippen molar-refractivity contribution in [2.45, 2.75) is 213 Å². The third kappa shape index (κ3) is 50.5. The molecule has 0 aromatic carbocycles. The molecule has 0 saturated carbocycles. The molecule has 0 aromatic rings. The summed E-state index contributed by atoms with van der Waals surface area (Å²) >= 11 is 0. The molecular formula is C60H94O6. The van der Waals surface area contributed by atoms with Gasteiger partial charge in [-0.1, -0.05) is 219 Å². The molecule has 0 amide bonds. The maximum Gasteiger partial charge on any atom is 0.306 e. The zero-order valence-corrected chi connectivity index (χ0v) is 42.1. The first-order valence-electron chi connectivity index (χ1n) is 26.2. The quantitative estimate of drug-likeness (QED) is 0.0262. The minimum absolute atomic E-state index is 0.116. The van der Waals surface area contributed by atoms with E-state index < -0.39 is 12.1 Å². The van der Waals surface area contributed by atoms with Gasteiger partial charge in [-0.05, 0) is 103 Å². The molecule has 0 rings (SSSR count). The fourth-order valence-corrected chi connectivity index (χ4v) is 6.55. The third-order valence-corrected chi connectivity index (χ3v) is 10.4. The summed E-state index contributed by atoms with van der Waals surface area (Å²) in [7, 11) is 0. The van der Waals surface area contributed by atoms with Gasteiger partial charge in [0, 0.05) is 19.3 Å². The monoisotopic (exact) mass is 911 g/mol. The van der Waals surface area contributed by atoms with E-state index in [2.05, 4.69) is 142 Å². The fraction of sp³-hybridized carbons (Fsp3) is 0.583. The average molecular weight is 911 g/mol. The maximum atomic E-state index is 12.7. The van der Waals surface area contributed by atoms with Crippen LogP contribution in [0.2, 0.25) is 0 Å². The molecule has 1 unspecified atom stereocenters. The molecule has 0 radical (unpaired) electrons. The Bertz CT molecular complexity index is 1460. The summed E-state index contributed by atoms with van der Waals surface area (Å²) < 4.78 is 16.6. The number of hydrogen-bond donors (Lipinski definition) is 0. The Morgan fingerprint density at radius 2 is 0.621 bits per heavy atom. The van der Waals surface area contributed by atoms with Crippen LogP contribution >= 0.6 is 0 Å². The van der Waals surface area contributed by atoms with Crippen LogP contribution in [0.25, 0.3) is 0 Å². The summed E-state index contributed by atoms with van der Waals surface area (Å²) in [6.45, 7) is 6.25. The molecule has 0 heterocycles. The van der Waals surface area contributed by atoms with Gasteiger partial charge in [0.2, 0.25) is 0 Å². The van der Waals surface area contributed by atoms with E-state index in [0.717, 1.165) is 116 Å². The predicted molar refractivity (Wildman–Crippen MR) is 283 cm³/mol. The number of allylic oxidation sites excluding steroid dienone is 22. The molecule has 0 aliphatic heterocycles. The summed E-state index contributed by atoms with van der Waals surface area (Å²) in [6.07, 6.45) is 74.7. The van der Waals surface area contributed by atoms with Crippen molar-refractivity contribution in [3.63, 3.8) is 0 Å². The van der Waals surface area contributed by atoms with Crippen LogP contribution in [0.4, 0.5) is 0 Å². The third-order valence-electron chi connectivity index (χ3n) is 10.4. The number of esters is 3. The van der Waals surface area contributed by atoms with Crippen molar-refractivity contribution in [3.05, 3.63) is 134 Å². The molecule has 6 nitrogen and oxygen atoms in total. The number of hydrogen-bond acceptors (Lipinski definition) is 6. The summed E-state index contributed by atoms with van der Waals surface area (Å²) in [5.41, 5.74) is 0. The minimum Gasteiger partial charge on any atom is -0.462 e. The predicted octanol–water partition coefficient (Wildman–Crippen LogP) is 17.5. The molecule has 0 aliphatic carbocycles. The van der Waals surface area contributed by atoms with Crippen LogP contribution in [-0.2, 0) is 28.6 Å². The van der Waals surface area contributed by atoms with E-state index in [9.17, 15) is 14.4 Å². The van der Waals surface area contributed by atoms with Gasteiger partial charge in [0.15, 0.2) is 6.10 Å². The van der Waals surface area contributed by atoms with Crippen LogP contribution < -0.4 is 0 Å². The van der Waals surface area contributed by atoms with Crippen molar-refractivity contribution in [1.82, 2.24) is 0 Å². The first-order valence-corrected chi connectivity index (χ1v) is 26.2. The van der Waals surface area contributed by atoms with Crippen LogP contribution in [0, 0.1) is 0 Å². The summed E-state index contributed by atoms with van der Waals surface area (Å²) in [4.78, 5) is 37.7. The summed E-state index contributed by atoms with van der Waals surface area (Å²) in [5.74, 6) is -1.03. The van der Waals surface area contributed by atoms with E-state index in [4.69, 9.17) is 14.2 Å². The highest BCUT2D eigenvalue weighted by molar-refractivity contribution is 5.71. The Kier molecular flexibility index (Phi) is 49.6. The molecule has 370 valence electrons. The maximum absolute atomic E-state index is 12.7. The van der Waals surface area contributed by atoms with Crippen molar-refractivity contribution in [1.29, 1.82) is 0 Å². The normalized spacial score (nSPS) is 13.2. The van der Waals surface area contributed by atoms with Gasteiger partial charge in [0.05, 0.1) is 0 Å². The van der Waals surface area contributed by atoms with Gasteiger partial charge >= 0.3 is 17.9 Å². The number of carbonyl (C=O) groups excluding carboxylic acids is 3. The fourth-order valence-electron chi connectivity index (χ4n) is 6.55. The molecule has 0 fully saturated rings. The number of ether oxygens (including phenoxy) is 3. The lowest BCUT2D eigenvalue weighted by Crippen LogP contribution is -2.30. The van der Waals surface area contributed by atoms with Crippen LogP contribution in [0.3, 0.4) is 0 Å². The zero-order chi connectivity index (χ0) is 47.9. The SMILES string of the molecule is CC/C=C\C/C=C\C/C=C\C/C=C\C/C=C\C/C=C\CCC(=O)OC(COC(=O)CCCCCCCC)COC(=O)CCCCCCCCC/C=C\C/C=C\C/C=C\C/C=C\C/C=C\CC. The molecule has 0 N–H and O–H groups in total. The molecule has 0 bridgehead atoms. The second kappa shape index (κ2) is 53.2. The van der Waals surface area contributed by atoms with Gasteiger partial charge in [-0.3, -0.25) is 14.4 Å². The highest BCUT2D eigenvalue weighted by Crippen LogP contribution is 2.12. The number of rotatable bonds is 45. The Morgan fingerprint density at radius 3 is 0.985 bits per heavy atom. The smallest absolute Gasteiger partial charge is 0.306 e. The van der Waals surface area contributed by atoms with Crippen LogP contribution in [0.5, 0.6) is 0 Å². The lowest BCUT2D eigenvalue weighted by Gasteiger charge is -2.18. The van der Waals surface area contributed by atoms with Gasteiger partial charge in [0.1, 0.15) is 13.2 Å². The minimum atomic E-state index is -0.824. The van der Waals surface area contributed by atoms with Gasteiger partial charge in [-0.2, -0.15) is 0 Å². The topological polar surface area (TPSA) is 78.9 Å². The summed E-state index contributed by atoms with van der Waals surface area (Å²) in [5, 5.41) is 0. The van der Waals surface area contributed by atoms with Gasteiger partial charge in [0.25, 0.3) is 0 Å². The Hall–Kier alpha value is -4.45. The van der Waals surface area contributed by atoms with Crippen molar-refractivity contribution >= 4 is 17.9 Å². The Labute approximate surface area is 405 Å². The Morgan fingerprint density at radius 1 is 0.318 bits per heavy atom. The second-order valence-corrected chi connectivity index (χ2v) is 16.7. The van der Waals surface area contributed by atoms with E-state index in [1.807, 2.05) is 12.2 Å². The Balaban J connectivity index is 4.35. The van der Waals surface area contributed by atoms with Gasteiger partial charge in [-0.25, -0.2) is 0 Å². The van der Waals surface area contributed by atoms with E-state index in [1.165, 1.54) is 44.9 Å². The highest BCUT2D eigenvalue weighted by atomic mass is 16.6. The molecule has 66 heavy (non-hydrogen) atoms. The van der Waals surface area contributed by atoms with Crippen molar-refractivity contribution in [3.8, 4) is 0 Å². The number of unbranched alkanes of at least 4 members (excludes halogenated alkanes) is 12. The molecule has 0 spiro atoms. The molecular weight excluding hydrogens is 817 g/mol. The van der Waals surface area contributed by atoms with Crippen molar-refractivity contribution in [2.75, 3.05) is 13.2 Å². The van der Waals surface area contributed by atoms with Gasteiger partial charge in [-0.15, -0.1) is 0 Å². The summed E-state index contributed by atoms with van der Waals surface area (Å²) in [6, 6.07) is 0.